The van der Waals surface area contributed by atoms with Crippen LogP contribution in [0.1, 0.15) is 36.3 Å². The van der Waals surface area contributed by atoms with Gasteiger partial charge in [0.2, 0.25) is 0 Å². The van der Waals surface area contributed by atoms with Crippen molar-refractivity contribution >= 4 is 0 Å². The van der Waals surface area contributed by atoms with E-state index in [4.69, 9.17) is 9.47 Å². The Balaban J connectivity index is 2.52. The van der Waals surface area contributed by atoms with E-state index in [0.29, 0.717) is 5.92 Å². The van der Waals surface area contributed by atoms with Crippen molar-refractivity contribution in [3.05, 3.63) is 35.4 Å². The summed E-state index contributed by atoms with van der Waals surface area (Å²) in [7, 11) is 3.51. The van der Waals surface area contributed by atoms with Gasteiger partial charge in [-0.05, 0) is 36.8 Å². The standard InChI is InChI=1S/C17H29NO2/c1-15-8-4-5-10-17(15)16(9-6-7-12-19-2)14-18-11-13-20-3/h4-5,8,10,16,18H,6-7,9,11-14H2,1-3H3. The molecule has 0 saturated carbocycles. The number of unbranched alkanes of at least 4 members (excludes halogenated alkanes) is 1. The predicted octanol–water partition coefficient (Wildman–Crippen LogP) is 3.13. The van der Waals surface area contributed by atoms with Gasteiger partial charge in [-0.3, -0.25) is 0 Å². The molecule has 3 heteroatoms. The number of methoxy groups -OCH3 is 2. The van der Waals surface area contributed by atoms with Gasteiger partial charge in [-0.25, -0.2) is 0 Å². The predicted molar refractivity (Wildman–Crippen MR) is 84.4 cm³/mol. The van der Waals surface area contributed by atoms with Crippen molar-refractivity contribution in [2.75, 3.05) is 40.5 Å². The summed E-state index contributed by atoms with van der Waals surface area (Å²) in [5.74, 6) is 0.574. The molecule has 0 aliphatic heterocycles. The van der Waals surface area contributed by atoms with Gasteiger partial charge in [-0.2, -0.15) is 0 Å². The maximum atomic E-state index is 5.13. The minimum Gasteiger partial charge on any atom is -0.385 e. The van der Waals surface area contributed by atoms with E-state index in [1.807, 2.05) is 0 Å². The summed E-state index contributed by atoms with van der Waals surface area (Å²) >= 11 is 0. The SMILES string of the molecule is COCCCCC(CNCCOC)c1ccccc1C. The number of benzene rings is 1. The molecule has 0 bridgehead atoms. The van der Waals surface area contributed by atoms with E-state index in [9.17, 15) is 0 Å². The molecule has 0 aliphatic rings. The second kappa shape index (κ2) is 10.8. The Morgan fingerprint density at radius 3 is 2.50 bits per heavy atom. The summed E-state index contributed by atoms with van der Waals surface area (Å²) in [6.45, 7) is 5.76. The van der Waals surface area contributed by atoms with Crippen LogP contribution in [0.3, 0.4) is 0 Å². The van der Waals surface area contributed by atoms with E-state index in [1.54, 1.807) is 14.2 Å². The average Bonchev–Trinajstić information content (AvgIpc) is 2.46. The molecule has 1 rings (SSSR count). The van der Waals surface area contributed by atoms with Crippen molar-refractivity contribution in [2.45, 2.75) is 32.1 Å². The van der Waals surface area contributed by atoms with Crippen molar-refractivity contribution < 1.29 is 9.47 Å². The van der Waals surface area contributed by atoms with Crippen LogP contribution in [0.25, 0.3) is 0 Å². The first kappa shape index (κ1) is 17.2. The van der Waals surface area contributed by atoms with Gasteiger partial charge in [0.15, 0.2) is 0 Å². The second-order valence-electron chi connectivity index (χ2n) is 5.24. The number of nitrogens with one attached hydrogen (secondary N) is 1. The highest BCUT2D eigenvalue weighted by molar-refractivity contribution is 5.29. The molecule has 1 unspecified atom stereocenters. The number of aryl methyl sites for hydroxylation is 1. The fourth-order valence-corrected chi connectivity index (χ4v) is 2.50. The van der Waals surface area contributed by atoms with Crippen LogP contribution in [0.4, 0.5) is 0 Å². The van der Waals surface area contributed by atoms with Gasteiger partial charge >= 0.3 is 0 Å². The average molecular weight is 279 g/mol. The normalized spacial score (nSPS) is 12.6. The van der Waals surface area contributed by atoms with E-state index >= 15 is 0 Å². The van der Waals surface area contributed by atoms with E-state index in [0.717, 1.165) is 32.7 Å². The monoisotopic (exact) mass is 279 g/mol. The highest BCUT2D eigenvalue weighted by Gasteiger charge is 2.12. The van der Waals surface area contributed by atoms with E-state index in [2.05, 4.69) is 36.5 Å². The van der Waals surface area contributed by atoms with Crippen molar-refractivity contribution in [3.63, 3.8) is 0 Å². The van der Waals surface area contributed by atoms with Gasteiger partial charge in [0.1, 0.15) is 0 Å². The molecular formula is C17H29NO2. The molecule has 20 heavy (non-hydrogen) atoms. The van der Waals surface area contributed by atoms with Crippen molar-refractivity contribution in [1.82, 2.24) is 5.32 Å². The number of rotatable bonds is 11. The quantitative estimate of drug-likeness (QED) is 0.631. The zero-order valence-corrected chi connectivity index (χ0v) is 13.2. The maximum Gasteiger partial charge on any atom is 0.0587 e. The molecule has 0 fully saturated rings. The third kappa shape index (κ3) is 6.51. The molecule has 0 amide bonds. The molecule has 0 heterocycles. The number of ether oxygens (including phenoxy) is 2. The zero-order chi connectivity index (χ0) is 14.6. The molecule has 0 aromatic heterocycles. The molecule has 1 aromatic rings. The second-order valence-corrected chi connectivity index (χ2v) is 5.24. The van der Waals surface area contributed by atoms with Gasteiger partial charge in [0.25, 0.3) is 0 Å². The van der Waals surface area contributed by atoms with Gasteiger partial charge in [0, 0.05) is 33.9 Å². The molecule has 1 N–H and O–H groups in total. The Kier molecular flexibility index (Phi) is 9.29. The molecule has 0 spiro atoms. The molecular weight excluding hydrogens is 250 g/mol. The van der Waals surface area contributed by atoms with Crippen LogP contribution < -0.4 is 5.32 Å². The Hall–Kier alpha value is -0.900. The Labute approximate surface area is 123 Å². The van der Waals surface area contributed by atoms with Crippen molar-refractivity contribution in [1.29, 1.82) is 0 Å². The van der Waals surface area contributed by atoms with Gasteiger partial charge in [-0.15, -0.1) is 0 Å². The summed E-state index contributed by atoms with van der Waals surface area (Å²) < 4.78 is 10.2. The fraction of sp³-hybridized carbons (Fsp3) is 0.647. The van der Waals surface area contributed by atoms with Gasteiger partial charge < -0.3 is 14.8 Å². The first-order valence-corrected chi connectivity index (χ1v) is 7.53. The lowest BCUT2D eigenvalue weighted by Gasteiger charge is -2.20. The molecule has 1 aromatic carbocycles. The number of hydrogen-bond donors (Lipinski definition) is 1. The molecule has 3 nitrogen and oxygen atoms in total. The summed E-state index contributed by atoms with van der Waals surface area (Å²) in [6, 6.07) is 8.71. The molecule has 0 saturated heterocycles. The minimum absolute atomic E-state index is 0.574. The topological polar surface area (TPSA) is 30.5 Å². The molecule has 0 radical (unpaired) electrons. The highest BCUT2D eigenvalue weighted by atomic mass is 16.5. The van der Waals surface area contributed by atoms with Crippen LogP contribution in [-0.4, -0.2) is 40.5 Å². The summed E-state index contributed by atoms with van der Waals surface area (Å²) in [5, 5.41) is 3.50. The summed E-state index contributed by atoms with van der Waals surface area (Å²) in [5.41, 5.74) is 2.85. The fourth-order valence-electron chi connectivity index (χ4n) is 2.50. The van der Waals surface area contributed by atoms with Gasteiger partial charge in [-0.1, -0.05) is 30.7 Å². The lowest BCUT2D eigenvalue weighted by molar-refractivity contribution is 0.190. The van der Waals surface area contributed by atoms with E-state index in [1.165, 1.54) is 24.0 Å². The summed E-state index contributed by atoms with van der Waals surface area (Å²) in [6.07, 6.45) is 3.55. The lowest BCUT2D eigenvalue weighted by atomic mass is 9.90. The maximum absolute atomic E-state index is 5.13. The molecule has 0 aliphatic carbocycles. The van der Waals surface area contributed by atoms with E-state index < -0.39 is 0 Å². The van der Waals surface area contributed by atoms with Crippen LogP contribution in [0, 0.1) is 6.92 Å². The Bertz CT molecular complexity index is 343. The van der Waals surface area contributed by atoms with Crippen LogP contribution in [0.15, 0.2) is 24.3 Å². The first-order chi connectivity index (χ1) is 9.79. The van der Waals surface area contributed by atoms with Gasteiger partial charge in [0.05, 0.1) is 6.61 Å². The Morgan fingerprint density at radius 1 is 1.05 bits per heavy atom. The smallest absolute Gasteiger partial charge is 0.0587 e. The van der Waals surface area contributed by atoms with Crippen LogP contribution in [0.2, 0.25) is 0 Å². The van der Waals surface area contributed by atoms with Crippen LogP contribution in [0.5, 0.6) is 0 Å². The number of hydrogen-bond acceptors (Lipinski definition) is 3. The Morgan fingerprint density at radius 2 is 1.80 bits per heavy atom. The summed E-state index contributed by atoms with van der Waals surface area (Å²) in [4.78, 5) is 0. The third-order valence-electron chi connectivity index (χ3n) is 3.65. The molecule has 114 valence electrons. The van der Waals surface area contributed by atoms with Crippen LogP contribution in [-0.2, 0) is 9.47 Å². The highest BCUT2D eigenvalue weighted by Crippen LogP contribution is 2.24. The minimum atomic E-state index is 0.574. The van der Waals surface area contributed by atoms with Crippen molar-refractivity contribution in [3.8, 4) is 0 Å². The van der Waals surface area contributed by atoms with Crippen LogP contribution >= 0.6 is 0 Å². The first-order valence-electron chi connectivity index (χ1n) is 7.53. The molecule has 1 atom stereocenters. The lowest BCUT2D eigenvalue weighted by Crippen LogP contribution is -2.25. The van der Waals surface area contributed by atoms with E-state index in [-0.39, 0.29) is 0 Å². The largest absolute Gasteiger partial charge is 0.385 e. The third-order valence-corrected chi connectivity index (χ3v) is 3.65. The zero-order valence-electron chi connectivity index (χ0n) is 13.2. The van der Waals surface area contributed by atoms with Crippen molar-refractivity contribution in [2.24, 2.45) is 0 Å².